The van der Waals surface area contributed by atoms with Gasteiger partial charge in [0.15, 0.2) is 5.78 Å². The summed E-state index contributed by atoms with van der Waals surface area (Å²) in [7, 11) is 0. The molecule has 4 rings (SSSR count). The molecule has 1 saturated carbocycles. The summed E-state index contributed by atoms with van der Waals surface area (Å²) in [5.41, 5.74) is 1.97. The largest absolute Gasteiger partial charge is 0.465 e. The van der Waals surface area contributed by atoms with Crippen molar-refractivity contribution in [3.8, 4) is 0 Å². The van der Waals surface area contributed by atoms with Crippen molar-refractivity contribution >= 4 is 30.5 Å². The summed E-state index contributed by atoms with van der Waals surface area (Å²) in [6.45, 7) is 2.12. The van der Waals surface area contributed by atoms with Crippen LogP contribution in [-0.2, 0) is 20.9 Å². The minimum Gasteiger partial charge on any atom is -0.465 e. The molecule has 0 saturated heterocycles. The first-order valence-corrected chi connectivity index (χ1v) is 11.0. The van der Waals surface area contributed by atoms with Gasteiger partial charge in [-0.3, -0.25) is 14.3 Å². The summed E-state index contributed by atoms with van der Waals surface area (Å²) in [4.78, 5) is 27.0. The number of ketones is 1. The Labute approximate surface area is 191 Å². The molecular formula is C24H24FN3O3S. The molecule has 1 fully saturated rings. The van der Waals surface area contributed by atoms with Crippen LogP contribution in [0.25, 0.3) is 6.08 Å². The van der Waals surface area contributed by atoms with Crippen molar-refractivity contribution in [1.29, 1.82) is 0 Å². The summed E-state index contributed by atoms with van der Waals surface area (Å²) >= 11 is 4.60. The summed E-state index contributed by atoms with van der Waals surface area (Å²) in [5.74, 6) is -0.751. The number of benzene rings is 1. The van der Waals surface area contributed by atoms with Crippen LogP contribution in [0.2, 0.25) is 0 Å². The van der Waals surface area contributed by atoms with Crippen LogP contribution in [0, 0.1) is 11.7 Å². The van der Waals surface area contributed by atoms with Crippen LogP contribution in [0.4, 0.5) is 4.39 Å². The molecule has 0 amide bonds. The monoisotopic (exact) mass is 453 g/mol. The van der Waals surface area contributed by atoms with Crippen molar-refractivity contribution in [1.82, 2.24) is 14.7 Å². The Morgan fingerprint density at radius 1 is 1.34 bits per heavy atom. The van der Waals surface area contributed by atoms with Crippen LogP contribution in [0.3, 0.4) is 0 Å². The third kappa shape index (κ3) is 5.02. The number of carbonyl (C=O) groups excluding carboxylic acids is 2. The second kappa shape index (κ2) is 9.56. The summed E-state index contributed by atoms with van der Waals surface area (Å²) in [6.07, 6.45) is 12.3. The molecule has 1 atom stereocenters. The van der Waals surface area contributed by atoms with Crippen molar-refractivity contribution < 1.29 is 18.7 Å². The van der Waals surface area contributed by atoms with Gasteiger partial charge in [0.05, 0.1) is 12.8 Å². The van der Waals surface area contributed by atoms with E-state index in [1.165, 1.54) is 10.7 Å². The van der Waals surface area contributed by atoms with Gasteiger partial charge in [-0.1, -0.05) is 18.2 Å². The van der Waals surface area contributed by atoms with Gasteiger partial charge in [-0.15, -0.1) is 12.6 Å². The molecule has 2 aliphatic rings. The first-order chi connectivity index (χ1) is 15.5. The highest BCUT2D eigenvalue weighted by Gasteiger charge is 2.39. The Kier molecular flexibility index (Phi) is 6.60. The SMILES string of the molecule is CCOC(=O)Cn1cc(/C=C2\C=CN(C(C(=O)C3CC3)c3ccccc3F)C=C2S)cn1. The van der Waals surface area contributed by atoms with Gasteiger partial charge in [0, 0.05) is 40.5 Å². The normalized spacial score (nSPS) is 17.9. The lowest BCUT2D eigenvalue weighted by molar-refractivity contribution is -0.144. The van der Waals surface area contributed by atoms with Gasteiger partial charge in [-0.05, 0) is 43.6 Å². The third-order valence-corrected chi connectivity index (χ3v) is 5.69. The van der Waals surface area contributed by atoms with Crippen molar-refractivity contribution in [2.24, 2.45) is 5.92 Å². The fourth-order valence-corrected chi connectivity index (χ4v) is 3.87. The number of rotatable bonds is 8. The van der Waals surface area contributed by atoms with Crippen LogP contribution >= 0.6 is 12.6 Å². The Morgan fingerprint density at radius 3 is 2.81 bits per heavy atom. The van der Waals surface area contributed by atoms with Crippen molar-refractivity contribution in [2.45, 2.75) is 32.4 Å². The third-order valence-electron chi connectivity index (χ3n) is 5.31. The number of ether oxygens (including phenoxy) is 1. The minimum absolute atomic E-state index is 0.0183. The molecule has 2 aromatic rings. The summed E-state index contributed by atoms with van der Waals surface area (Å²) in [6, 6.07) is 5.66. The van der Waals surface area contributed by atoms with E-state index in [9.17, 15) is 14.0 Å². The zero-order valence-corrected chi connectivity index (χ0v) is 18.5. The van der Waals surface area contributed by atoms with Gasteiger partial charge in [-0.25, -0.2) is 4.39 Å². The number of hydrogen-bond donors (Lipinski definition) is 1. The molecule has 0 radical (unpaired) electrons. The van der Waals surface area contributed by atoms with Crippen LogP contribution < -0.4 is 0 Å². The molecule has 32 heavy (non-hydrogen) atoms. The van der Waals surface area contributed by atoms with E-state index in [1.54, 1.807) is 54.8 Å². The summed E-state index contributed by atoms with van der Waals surface area (Å²) in [5, 5.41) is 4.18. The number of nitrogens with zero attached hydrogens (tertiary/aromatic N) is 3. The van der Waals surface area contributed by atoms with E-state index >= 15 is 0 Å². The number of thiol groups is 1. The number of halogens is 1. The van der Waals surface area contributed by atoms with E-state index in [4.69, 9.17) is 4.74 Å². The standard InChI is InChI=1S/C24H24FN3O3S/c1-2-31-22(29)15-28-13-16(12-26-28)11-18-9-10-27(14-21(18)32)23(24(30)17-7-8-17)19-5-3-4-6-20(19)25/h3-6,9-14,17,23,32H,2,7-8,15H2,1H3/b18-11+. The highest BCUT2D eigenvalue weighted by atomic mass is 32.1. The van der Waals surface area contributed by atoms with E-state index < -0.39 is 11.9 Å². The smallest absolute Gasteiger partial charge is 0.327 e. The lowest BCUT2D eigenvalue weighted by Crippen LogP contribution is -2.29. The number of esters is 1. The fourth-order valence-electron chi connectivity index (χ4n) is 3.60. The van der Waals surface area contributed by atoms with Gasteiger partial charge in [0.2, 0.25) is 0 Å². The highest BCUT2D eigenvalue weighted by Crippen LogP contribution is 2.39. The second-order valence-corrected chi connectivity index (χ2v) is 8.24. The highest BCUT2D eigenvalue weighted by molar-refractivity contribution is 7.84. The predicted molar refractivity (Wildman–Crippen MR) is 122 cm³/mol. The number of aromatic nitrogens is 2. The van der Waals surface area contributed by atoms with Crippen LogP contribution in [0.15, 0.2) is 65.6 Å². The number of Topliss-reactive ketones (excluding diaryl/α,β-unsaturated/α-hetero) is 1. The first kappa shape index (κ1) is 22.1. The maximum atomic E-state index is 14.5. The quantitative estimate of drug-likeness (QED) is 0.477. The maximum absolute atomic E-state index is 14.5. The van der Waals surface area contributed by atoms with Gasteiger partial charge in [0.1, 0.15) is 18.4 Å². The Balaban J connectivity index is 1.55. The van der Waals surface area contributed by atoms with E-state index in [0.717, 1.165) is 24.0 Å². The van der Waals surface area contributed by atoms with Crippen molar-refractivity contribution in [2.75, 3.05) is 6.61 Å². The van der Waals surface area contributed by atoms with E-state index in [1.807, 2.05) is 12.2 Å². The molecule has 1 aliphatic heterocycles. The van der Waals surface area contributed by atoms with Crippen molar-refractivity contribution in [3.05, 3.63) is 82.6 Å². The zero-order chi connectivity index (χ0) is 22.7. The summed E-state index contributed by atoms with van der Waals surface area (Å²) < 4.78 is 21.0. The lowest BCUT2D eigenvalue weighted by Gasteiger charge is -2.30. The lowest BCUT2D eigenvalue weighted by atomic mass is 9.97. The number of carbonyl (C=O) groups is 2. The van der Waals surface area contributed by atoms with Crippen LogP contribution in [0.5, 0.6) is 0 Å². The molecule has 0 N–H and O–H groups in total. The second-order valence-electron chi connectivity index (χ2n) is 7.75. The molecule has 1 aromatic carbocycles. The number of hydrogen-bond acceptors (Lipinski definition) is 6. The molecule has 1 aromatic heterocycles. The minimum atomic E-state index is -0.726. The maximum Gasteiger partial charge on any atom is 0.327 e. The molecule has 2 heterocycles. The predicted octanol–water partition coefficient (Wildman–Crippen LogP) is 4.29. The average Bonchev–Trinajstić information content (AvgIpc) is 3.53. The van der Waals surface area contributed by atoms with Gasteiger partial charge >= 0.3 is 5.97 Å². The Morgan fingerprint density at radius 2 is 2.12 bits per heavy atom. The van der Waals surface area contributed by atoms with Crippen LogP contribution in [-0.4, -0.2) is 33.0 Å². The molecular weight excluding hydrogens is 429 g/mol. The first-order valence-electron chi connectivity index (χ1n) is 10.5. The fraction of sp³-hybridized carbons (Fsp3) is 0.292. The Hall–Kier alpha value is -3.13. The molecule has 166 valence electrons. The van der Waals surface area contributed by atoms with Crippen molar-refractivity contribution in [3.63, 3.8) is 0 Å². The molecule has 0 bridgehead atoms. The zero-order valence-electron chi connectivity index (χ0n) is 17.6. The van der Waals surface area contributed by atoms with Gasteiger partial charge in [-0.2, -0.15) is 5.10 Å². The van der Waals surface area contributed by atoms with Gasteiger partial charge < -0.3 is 9.64 Å². The molecule has 1 unspecified atom stereocenters. The molecule has 1 aliphatic carbocycles. The Bertz CT molecular complexity index is 1120. The number of allylic oxidation sites excluding steroid dienone is 2. The molecule has 6 nitrogen and oxygen atoms in total. The van der Waals surface area contributed by atoms with Gasteiger partial charge in [0.25, 0.3) is 0 Å². The van der Waals surface area contributed by atoms with E-state index in [2.05, 4.69) is 17.7 Å². The van der Waals surface area contributed by atoms with E-state index in [-0.39, 0.29) is 24.2 Å². The van der Waals surface area contributed by atoms with Crippen LogP contribution in [0.1, 0.15) is 36.9 Å². The van der Waals surface area contributed by atoms with E-state index in [0.29, 0.717) is 17.1 Å². The average molecular weight is 454 g/mol. The topological polar surface area (TPSA) is 64.4 Å². The molecule has 0 spiro atoms. The molecule has 8 heteroatoms.